The smallest absolute Gasteiger partial charge is 0.237 e. The van der Waals surface area contributed by atoms with Gasteiger partial charge in [0.1, 0.15) is 0 Å². The Bertz CT molecular complexity index is 315. The molecule has 1 heterocycles. The topological polar surface area (TPSA) is 44.4 Å². The van der Waals surface area contributed by atoms with Crippen LogP contribution in [0.15, 0.2) is 0 Å². The summed E-state index contributed by atoms with van der Waals surface area (Å²) < 4.78 is 0. The summed E-state index contributed by atoms with van der Waals surface area (Å²) in [5.41, 5.74) is 0. The molecule has 20 heavy (non-hydrogen) atoms. The zero-order valence-electron chi connectivity index (χ0n) is 13.3. The number of nitrogens with zero attached hydrogens (tertiary/aromatic N) is 1. The van der Waals surface area contributed by atoms with Gasteiger partial charge >= 0.3 is 0 Å². The Hall–Kier alpha value is -0.610. The maximum Gasteiger partial charge on any atom is 0.237 e. The number of hydrogen-bond donors (Lipinski definition) is 2. The Labute approximate surface area is 123 Å². The highest BCUT2D eigenvalue weighted by atomic mass is 16.2. The van der Waals surface area contributed by atoms with E-state index in [0.29, 0.717) is 12.0 Å². The summed E-state index contributed by atoms with van der Waals surface area (Å²) in [7, 11) is 0. The van der Waals surface area contributed by atoms with E-state index in [1.807, 2.05) is 0 Å². The van der Waals surface area contributed by atoms with Crippen molar-refractivity contribution in [1.29, 1.82) is 0 Å². The number of piperidine rings is 1. The molecule has 4 nitrogen and oxygen atoms in total. The maximum atomic E-state index is 12.3. The molecule has 1 aliphatic carbocycles. The maximum absolute atomic E-state index is 12.3. The lowest BCUT2D eigenvalue weighted by atomic mass is 9.99. The minimum Gasteiger partial charge on any atom is -0.354 e. The van der Waals surface area contributed by atoms with E-state index in [1.165, 1.54) is 32.1 Å². The summed E-state index contributed by atoms with van der Waals surface area (Å²) in [6.07, 6.45) is 6.41. The van der Waals surface area contributed by atoms with E-state index >= 15 is 0 Å². The molecule has 1 saturated heterocycles. The van der Waals surface area contributed by atoms with Gasteiger partial charge in [-0.15, -0.1) is 0 Å². The zero-order valence-corrected chi connectivity index (χ0v) is 13.3. The van der Waals surface area contributed by atoms with Crippen LogP contribution in [0, 0.1) is 5.92 Å². The lowest BCUT2D eigenvalue weighted by Gasteiger charge is -2.39. The highest BCUT2D eigenvalue weighted by Gasteiger charge is 2.31. The molecule has 2 aliphatic rings. The number of hydrogen-bond acceptors (Lipinski definition) is 3. The summed E-state index contributed by atoms with van der Waals surface area (Å²) in [5.74, 6) is 0.705. The predicted molar refractivity (Wildman–Crippen MR) is 82.7 cm³/mol. The molecular formula is C16H31N3O. The van der Waals surface area contributed by atoms with E-state index in [0.717, 1.165) is 25.7 Å². The van der Waals surface area contributed by atoms with E-state index in [4.69, 9.17) is 0 Å². The zero-order chi connectivity index (χ0) is 14.5. The minimum atomic E-state index is 0.0000491. The molecule has 2 N–H and O–H groups in total. The molecule has 2 unspecified atom stereocenters. The van der Waals surface area contributed by atoms with Crippen LogP contribution in [0.3, 0.4) is 0 Å². The number of likely N-dealkylation sites (tertiary alicyclic amines) is 1. The first kappa shape index (κ1) is 15.8. The second-order valence-electron chi connectivity index (χ2n) is 6.88. The van der Waals surface area contributed by atoms with Crippen LogP contribution < -0.4 is 10.6 Å². The molecule has 4 heteroatoms. The second kappa shape index (κ2) is 7.41. The van der Waals surface area contributed by atoms with Crippen LogP contribution in [0.1, 0.15) is 52.9 Å². The number of amides is 1. The number of carbonyl (C=O) groups excluding carboxylic acids is 1. The fraction of sp³-hybridized carbons (Fsp3) is 0.938. The van der Waals surface area contributed by atoms with Gasteiger partial charge in [-0.05, 0) is 45.1 Å². The van der Waals surface area contributed by atoms with Gasteiger partial charge in [0.2, 0.25) is 5.91 Å². The van der Waals surface area contributed by atoms with Crippen LogP contribution in [0.25, 0.3) is 0 Å². The predicted octanol–water partition coefficient (Wildman–Crippen LogP) is 1.75. The first-order valence-electron chi connectivity index (χ1n) is 8.34. The van der Waals surface area contributed by atoms with Crippen LogP contribution in [0.5, 0.6) is 0 Å². The summed E-state index contributed by atoms with van der Waals surface area (Å²) >= 11 is 0. The second-order valence-corrected chi connectivity index (χ2v) is 6.88. The first-order valence-corrected chi connectivity index (χ1v) is 8.34. The van der Waals surface area contributed by atoms with Crippen molar-refractivity contribution >= 4 is 5.91 Å². The highest BCUT2D eigenvalue weighted by Crippen LogP contribution is 2.22. The average Bonchev–Trinajstić information content (AvgIpc) is 3.26. The Kier molecular flexibility index (Phi) is 5.85. The van der Waals surface area contributed by atoms with Gasteiger partial charge < -0.3 is 10.6 Å². The van der Waals surface area contributed by atoms with E-state index in [9.17, 15) is 4.79 Å². The van der Waals surface area contributed by atoms with Crippen molar-refractivity contribution in [2.24, 2.45) is 5.92 Å². The molecule has 1 aliphatic heterocycles. The summed E-state index contributed by atoms with van der Waals surface area (Å²) in [6, 6.07) is 1.29. The molecule has 2 fully saturated rings. The molecule has 0 radical (unpaired) electrons. The van der Waals surface area contributed by atoms with Gasteiger partial charge in [0.15, 0.2) is 0 Å². The van der Waals surface area contributed by atoms with Crippen molar-refractivity contribution in [2.45, 2.75) is 71.0 Å². The monoisotopic (exact) mass is 281 g/mol. The van der Waals surface area contributed by atoms with Crippen molar-refractivity contribution in [1.82, 2.24) is 15.5 Å². The van der Waals surface area contributed by atoms with Crippen molar-refractivity contribution in [3.05, 3.63) is 0 Å². The van der Waals surface area contributed by atoms with Crippen LogP contribution in [0.2, 0.25) is 0 Å². The van der Waals surface area contributed by atoms with Crippen molar-refractivity contribution < 1.29 is 4.79 Å². The third-order valence-corrected chi connectivity index (χ3v) is 4.45. The molecule has 0 aromatic rings. The van der Waals surface area contributed by atoms with Gasteiger partial charge in [-0.2, -0.15) is 0 Å². The molecule has 2 atom stereocenters. The van der Waals surface area contributed by atoms with Gasteiger partial charge in [0, 0.05) is 25.2 Å². The quantitative estimate of drug-likeness (QED) is 0.747. The average molecular weight is 281 g/mol. The van der Waals surface area contributed by atoms with Crippen LogP contribution in [0.4, 0.5) is 0 Å². The standard InChI is InChI=1S/C16H31N3O/c1-12(2)10-18-16(20)13(3)19-9-5-4-6-15(19)11-17-14-7-8-14/h12-15,17H,4-11H2,1-3H3,(H,18,20). The van der Waals surface area contributed by atoms with Crippen LogP contribution >= 0.6 is 0 Å². The minimum absolute atomic E-state index is 0.0000491. The van der Waals surface area contributed by atoms with E-state index in [1.54, 1.807) is 0 Å². The van der Waals surface area contributed by atoms with Crippen LogP contribution in [-0.2, 0) is 4.79 Å². The van der Waals surface area contributed by atoms with Gasteiger partial charge in [0.25, 0.3) is 0 Å². The lowest BCUT2D eigenvalue weighted by molar-refractivity contribution is -0.127. The largest absolute Gasteiger partial charge is 0.354 e. The van der Waals surface area contributed by atoms with E-state index in [2.05, 4.69) is 36.3 Å². The van der Waals surface area contributed by atoms with Crippen molar-refractivity contribution in [3.8, 4) is 0 Å². The van der Waals surface area contributed by atoms with E-state index in [-0.39, 0.29) is 11.9 Å². The van der Waals surface area contributed by atoms with Crippen LogP contribution in [-0.4, -0.2) is 48.6 Å². The molecule has 0 aromatic heterocycles. The Morgan fingerprint density at radius 1 is 1.20 bits per heavy atom. The summed E-state index contributed by atoms with van der Waals surface area (Å²) in [5, 5.41) is 6.70. The van der Waals surface area contributed by atoms with Gasteiger partial charge in [0.05, 0.1) is 6.04 Å². The molecule has 0 aromatic carbocycles. The molecule has 116 valence electrons. The molecular weight excluding hydrogens is 250 g/mol. The summed E-state index contributed by atoms with van der Waals surface area (Å²) in [6.45, 7) is 9.22. The fourth-order valence-corrected chi connectivity index (χ4v) is 2.95. The SMILES string of the molecule is CC(C)CNC(=O)C(C)N1CCCCC1CNC1CC1. The lowest BCUT2D eigenvalue weighted by Crippen LogP contribution is -2.54. The first-order chi connectivity index (χ1) is 9.58. The number of rotatable bonds is 7. The Balaban J connectivity index is 1.83. The summed E-state index contributed by atoms with van der Waals surface area (Å²) in [4.78, 5) is 14.7. The number of carbonyl (C=O) groups is 1. The van der Waals surface area contributed by atoms with Crippen molar-refractivity contribution in [3.63, 3.8) is 0 Å². The molecule has 2 rings (SSSR count). The third-order valence-electron chi connectivity index (χ3n) is 4.45. The molecule has 1 saturated carbocycles. The molecule has 0 spiro atoms. The molecule has 0 bridgehead atoms. The Morgan fingerprint density at radius 3 is 2.60 bits per heavy atom. The Morgan fingerprint density at radius 2 is 1.95 bits per heavy atom. The third kappa shape index (κ3) is 4.74. The van der Waals surface area contributed by atoms with Crippen molar-refractivity contribution in [2.75, 3.05) is 19.6 Å². The normalized spacial score (nSPS) is 25.7. The highest BCUT2D eigenvalue weighted by molar-refractivity contribution is 5.81. The number of nitrogens with one attached hydrogen (secondary N) is 2. The van der Waals surface area contributed by atoms with E-state index < -0.39 is 0 Å². The fourth-order valence-electron chi connectivity index (χ4n) is 2.95. The van der Waals surface area contributed by atoms with Gasteiger partial charge in [-0.3, -0.25) is 9.69 Å². The van der Waals surface area contributed by atoms with Gasteiger partial charge in [-0.25, -0.2) is 0 Å². The van der Waals surface area contributed by atoms with Gasteiger partial charge in [-0.1, -0.05) is 20.3 Å². The molecule has 1 amide bonds.